The largest absolute Gasteiger partial charge is 0.443 e. The highest BCUT2D eigenvalue weighted by molar-refractivity contribution is 6.74. The third kappa shape index (κ3) is 5.62. The predicted octanol–water partition coefficient (Wildman–Crippen LogP) is 8.19. The molecule has 210 valence electrons. The van der Waals surface area contributed by atoms with Gasteiger partial charge in [0, 0.05) is 35.5 Å². The molecule has 1 aliphatic heterocycles. The van der Waals surface area contributed by atoms with Crippen LogP contribution in [0.5, 0.6) is 0 Å². The number of hydrogen-bond acceptors (Lipinski definition) is 6. The van der Waals surface area contributed by atoms with Crippen molar-refractivity contribution in [1.82, 2.24) is 9.97 Å². The number of carbonyl (C=O) groups is 1. The van der Waals surface area contributed by atoms with Crippen molar-refractivity contribution in [3.63, 3.8) is 0 Å². The highest BCUT2D eigenvalue weighted by Crippen LogP contribution is 2.46. The first-order valence-corrected chi connectivity index (χ1v) is 16.4. The van der Waals surface area contributed by atoms with Gasteiger partial charge in [0.05, 0.1) is 22.5 Å². The monoisotopic (exact) mass is 572 g/mol. The lowest BCUT2D eigenvalue weighted by Gasteiger charge is -2.42. The van der Waals surface area contributed by atoms with Crippen molar-refractivity contribution in [3.8, 4) is 11.1 Å². The lowest BCUT2D eigenvalue weighted by Crippen LogP contribution is -2.46. The van der Waals surface area contributed by atoms with Gasteiger partial charge in [-0.1, -0.05) is 32.4 Å². The van der Waals surface area contributed by atoms with E-state index in [4.69, 9.17) is 31.5 Å². The van der Waals surface area contributed by atoms with Gasteiger partial charge in [0.25, 0.3) is 0 Å². The highest BCUT2D eigenvalue weighted by Gasteiger charge is 2.43. The molecule has 0 aliphatic carbocycles. The lowest BCUT2D eigenvalue weighted by atomic mass is 9.94. The van der Waals surface area contributed by atoms with Crippen LogP contribution in [-0.4, -0.2) is 36.5 Å². The zero-order valence-corrected chi connectivity index (χ0v) is 26.0. The summed E-state index contributed by atoms with van der Waals surface area (Å²) in [5, 5.41) is 1.07. The molecule has 4 rings (SSSR count). The van der Waals surface area contributed by atoms with Gasteiger partial charge in [0.1, 0.15) is 17.2 Å². The van der Waals surface area contributed by atoms with E-state index in [2.05, 4.69) is 38.8 Å². The van der Waals surface area contributed by atoms with E-state index in [1.807, 2.05) is 27.7 Å². The van der Waals surface area contributed by atoms with E-state index in [0.717, 1.165) is 0 Å². The summed E-state index contributed by atoms with van der Waals surface area (Å²) in [6.45, 7) is 18.7. The van der Waals surface area contributed by atoms with Crippen molar-refractivity contribution in [2.75, 3.05) is 17.2 Å². The van der Waals surface area contributed by atoms with Crippen molar-refractivity contribution in [1.29, 1.82) is 0 Å². The summed E-state index contributed by atoms with van der Waals surface area (Å²) in [4.78, 5) is 23.8. The fourth-order valence-corrected chi connectivity index (χ4v) is 6.10. The molecule has 2 aromatic heterocycles. The molecule has 0 bridgehead atoms. The molecule has 1 aliphatic rings. The average molecular weight is 573 g/mol. The molecule has 1 atom stereocenters. The Morgan fingerprint density at radius 3 is 2.41 bits per heavy atom. The Hall–Kier alpha value is -2.75. The van der Waals surface area contributed by atoms with Crippen LogP contribution in [0.15, 0.2) is 24.5 Å². The van der Waals surface area contributed by atoms with Gasteiger partial charge >= 0.3 is 6.09 Å². The third-order valence-corrected chi connectivity index (χ3v) is 12.4. The number of hydrogen-bond donors (Lipinski definition) is 1. The van der Waals surface area contributed by atoms with Gasteiger partial charge in [0.2, 0.25) is 0 Å². The molecule has 3 heterocycles. The molecule has 0 radical (unpaired) electrons. The van der Waals surface area contributed by atoms with Gasteiger partial charge in [-0.3, -0.25) is 9.88 Å². The number of halogens is 2. The number of pyridine rings is 2. The third-order valence-electron chi connectivity index (χ3n) is 7.59. The summed E-state index contributed by atoms with van der Waals surface area (Å²) >= 11 is 6.44. The first-order valence-electron chi connectivity index (χ1n) is 13.1. The molecule has 39 heavy (non-hydrogen) atoms. The second kappa shape index (κ2) is 10.0. The zero-order valence-electron chi connectivity index (χ0n) is 24.2. The van der Waals surface area contributed by atoms with Gasteiger partial charge in [-0.25, -0.2) is 14.2 Å². The maximum Gasteiger partial charge on any atom is 0.414 e. The van der Waals surface area contributed by atoms with Gasteiger partial charge in [-0.2, -0.15) is 0 Å². The van der Waals surface area contributed by atoms with Crippen LogP contribution in [0.4, 0.5) is 20.7 Å². The molecule has 0 saturated heterocycles. The standard InChI is InChI=1S/C29H38ClFN4O3Si/c1-16-19(18-12-17-13-22(32)33-15-20(17)23(30)24(18)31)14-34-25-21(38-39(8,9)29(5,6)7)10-11-35(26(16)25)27(36)37-28(2,3)4/h12-15,21H,10-11H2,1-9H3,(H2,32,33). The van der Waals surface area contributed by atoms with Crippen LogP contribution in [-0.2, 0) is 9.16 Å². The van der Waals surface area contributed by atoms with E-state index >= 15 is 4.39 Å². The van der Waals surface area contributed by atoms with Crippen molar-refractivity contribution >= 4 is 48.3 Å². The van der Waals surface area contributed by atoms with Crippen LogP contribution in [0, 0.1) is 12.7 Å². The van der Waals surface area contributed by atoms with Crippen molar-refractivity contribution in [2.24, 2.45) is 0 Å². The number of carbonyl (C=O) groups excluding carboxylic acids is 1. The summed E-state index contributed by atoms with van der Waals surface area (Å²) < 4.78 is 28.2. The SMILES string of the molecule is Cc1c(-c2cc3cc(N)ncc3c(Cl)c2F)cnc2c1N(C(=O)OC(C)(C)C)CCC2O[Si](C)(C)C(C)(C)C. The fourth-order valence-electron chi connectivity index (χ4n) is 4.54. The summed E-state index contributed by atoms with van der Waals surface area (Å²) in [7, 11) is -2.17. The molecular formula is C29H38ClFN4O3Si. The Labute approximate surface area is 236 Å². The van der Waals surface area contributed by atoms with E-state index in [1.165, 1.54) is 6.20 Å². The van der Waals surface area contributed by atoms with Crippen molar-refractivity contribution in [3.05, 3.63) is 46.6 Å². The molecular weight excluding hydrogens is 535 g/mol. The minimum atomic E-state index is -2.17. The molecule has 0 fully saturated rings. The van der Waals surface area contributed by atoms with Gasteiger partial charge < -0.3 is 14.9 Å². The Bertz CT molecular complexity index is 1450. The number of ether oxygens (including phenoxy) is 1. The second-order valence-electron chi connectivity index (χ2n) is 12.7. The molecule has 1 amide bonds. The molecule has 0 spiro atoms. The Morgan fingerprint density at radius 2 is 1.79 bits per heavy atom. The number of benzene rings is 1. The van der Waals surface area contributed by atoms with Crippen LogP contribution >= 0.6 is 11.6 Å². The van der Waals surface area contributed by atoms with Crippen LogP contribution < -0.4 is 10.6 Å². The first-order chi connectivity index (χ1) is 17.9. The van der Waals surface area contributed by atoms with Crippen LogP contribution in [0.1, 0.15) is 65.3 Å². The highest BCUT2D eigenvalue weighted by atomic mass is 35.5. The molecule has 2 N–H and O–H groups in total. The number of nitrogens with two attached hydrogens (primary N) is 1. The molecule has 1 aromatic carbocycles. The summed E-state index contributed by atoms with van der Waals surface area (Å²) in [5.41, 5.74) is 7.92. The zero-order chi connectivity index (χ0) is 29.1. The van der Waals surface area contributed by atoms with E-state index in [0.29, 0.717) is 52.1 Å². The van der Waals surface area contributed by atoms with E-state index in [-0.39, 0.29) is 21.7 Å². The molecule has 10 heteroatoms. The van der Waals surface area contributed by atoms with Crippen molar-refractivity contribution in [2.45, 2.75) is 84.7 Å². The van der Waals surface area contributed by atoms with Gasteiger partial charge in [0.15, 0.2) is 8.32 Å². The Balaban J connectivity index is 1.91. The van der Waals surface area contributed by atoms with E-state index in [1.54, 1.807) is 23.2 Å². The minimum absolute atomic E-state index is 0.00781. The van der Waals surface area contributed by atoms with Crippen molar-refractivity contribution < 1.29 is 18.3 Å². The predicted molar refractivity (Wildman–Crippen MR) is 158 cm³/mol. The molecule has 1 unspecified atom stereocenters. The maximum absolute atomic E-state index is 15.7. The lowest BCUT2D eigenvalue weighted by molar-refractivity contribution is 0.0565. The first kappa shape index (κ1) is 29.2. The smallest absolute Gasteiger partial charge is 0.414 e. The molecule has 7 nitrogen and oxygen atoms in total. The van der Waals surface area contributed by atoms with Gasteiger partial charge in [-0.15, -0.1) is 0 Å². The summed E-state index contributed by atoms with van der Waals surface area (Å²) in [5.74, 6) is -0.285. The number of fused-ring (bicyclic) bond motifs is 2. The average Bonchev–Trinajstić information content (AvgIpc) is 2.80. The fraction of sp³-hybridized carbons (Fsp3) is 0.483. The van der Waals surface area contributed by atoms with E-state index < -0.39 is 25.8 Å². The summed E-state index contributed by atoms with van der Waals surface area (Å²) in [6, 6.07) is 3.34. The topological polar surface area (TPSA) is 90.6 Å². The number of rotatable bonds is 3. The number of anilines is 2. The minimum Gasteiger partial charge on any atom is -0.443 e. The van der Waals surface area contributed by atoms with Crippen LogP contribution in [0.3, 0.4) is 0 Å². The number of nitrogens with zero attached hydrogens (tertiary/aromatic N) is 3. The Kier molecular flexibility index (Phi) is 7.51. The molecule has 0 saturated carbocycles. The number of amides is 1. The van der Waals surface area contributed by atoms with Crippen LogP contribution in [0.25, 0.3) is 21.9 Å². The van der Waals surface area contributed by atoms with Gasteiger partial charge in [-0.05, 0) is 75.3 Å². The Morgan fingerprint density at radius 1 is 1.13 bits per heavy atom. The molecule has 3 aromatic rings. The maximum atomic E-state index is 15.7. The normalized spacial score (nSPS) is 16.4. The number of nitrogen functional groups attached to an aromatic ring is 1. The summed E-state index contributed by atoms with van der Waals surface area (Å²) in [6.07, 6.45) is 2.90. The number of aromatic nitrogens is 2. The van der Waals surface area contributed by atoms with E-state index in [9.17, 15) is 4.79 Å². The second-order valence-corrected chi connectivity index (χ2v) is 17.8. The quantitative estimate of drug-likeness (QED) is 0.318. The van der Waals surface area contributed by atoms with Crippen LogP contribution in [0.2, 0.25) is 23.2 Å².